The Morgan fingerprint density at radius 1 is 0.435 bits per heavy atom. The van der Waals surface area contributed by atoms with Gasteiger partial charge in [-0.3, -0.25) is 9.59 Å². The predicted octanol–water partition coefficient (Wildman–Crippen LogP) is 18.6. The van der Waals surface area contributed by atoms with E-state index in [1.165, 1.54) is 180 Å². The van der Waals surface area contributed by atoms with Crippen LogP contribution in [0.1, 0.15) is 296 Å². The van der Waals surface area contributed by atoms with Crippen molar-refractivity contribution in [2.75, 3.05) is 39.6 Å². The molecule has 1 unspecified atom stereocenters. The molecule has 0 saturated carbocycles. The molecule has 3 rings (SSSR count). The maximum Gasteiger partial charge on any atom is 0.328 e. The van der Waals surface area contributed by atoms with E-state index in [1.807, 2.05) is 71.3 Å². The molecule has 0 bridgehead atoms. The summed E-state index contributed by atoms with van der Waals surface area (Å²) in [5, 5.41) is 2.90. The van der Waals surface area contributed by atoms with Crippen molar-refractivity contribution in [1.29, 1.82) is 0 Å². The largest absolute Gasteiger partial charge is 0.490 e. The van der Waals surface area contributed by atoms with E-state index in [1.54, 1.807) is 0 Å². The Labute approximate surface area is 518 Å². The molecule has 12 nitrogen and oxygen atoms in total. The van der Waals surface area contributed by atoms with Crippen molar-refractivity contribution in [3.8, 4) is 23.0 Å². The van der Waals surface area contributed by atoms with Crippen LogP contribution in [0.4, 0.5) is 0 Å². The Morgan fingerprint density at radius 2 is 0.800 bits per heavy atom. The number of benzene rings is 2. The molecule has 3 aromatic rings. The van der Waals surface area contributed by atoms with Crippen LogP contribution in [-0.4, -0.2) is 68.1 Å². The van der Waals surface area contributed by atoms with Gasteiger partial charge in [0, 0.05) is 25.7 Å². The number of amides is 1. The molecule has 1 amide bonds. The quantitative estimate of drug-likeness (QED) is 0.0334. The Kier molecular flexibility index (Phi) is 45.9. The van der Waals surface area contributed by atoms with Crippen LogP contribution in [0.25, 0.3) is 0 Å². The van der Waals surface area contributed by atoms with Crippen molar-refractivity contribution in [2.45, 2.75) is 310 Å². The molecule has 0 fully saturated rings. The SMILES string of the molecule is CCCCCCCCCCCOc1ccc(CCOC(=O)CCC(NC(=O)CCCn2cc[n+](C)c2)C(=O)OCCc2ccc(OCCCCCCCCCCC)c(OCCCCCCCCCCC)c2)cc1OCCCCCCCCCCC. The maximum absolute atomic E-state index is 13.8. The van der Waals surface area contributed by atoms with Crippen molar-refractivity contribution < 1.29 is 47.4 Å². The van der Waals surface area contributed by atoms with Crippen molar-refractivity contribution in [3.63, 3.8) is 0 Å². The van der Waals surface area contributed by atoms with E-state index in [4.69, 9.17) is 28.4 Å². The number of ether oxygens (including phenoxy) is 6. The number of unbranched alkanes of at least 4 members (excludes halogenated alkanes) is 32. The minimum atomic E-state index is -1.01. The molecule has 85 heavy (non-hydrogen) atoms. The summed E-state index contributed by atoms with van der Waals surface area (Å²) in [6, 6.07) is 11.0. The molecular weight excluding hydrogens is 1060 g/mol. The third kappa shape index (κ3) is 39.6. The third-order valence-electron chi connectivity index (χ3n) is 16.2. The molecule has 0 aliphatic heterocycles. The van der Waals surface area contributed by atoms with Gasteiger partial charge in [-0.15, -0.1) is 0 Å². The minimum absolute atomic E-state index is 0.0561. The molecule has 0 aliphatic rings. The molecule has 1 heterocycles. The van der Waals surface area contributed by atoms with Gasteiger partial charge in [0.25, 0.3) is 0 Å². The van der Waals surface area contributed by atoms with Crippen molar-refractivity contribution in [3.05, 3.63) is 66.2 Å². The van der Waals surface area contributed by atoms with Crippen LogP contribution >= 0.6 is 0 Å². The fourth-order valence-electron chi connectivity index (χ4n) is 10.8. The number of carbonyl (C=O) groups is 3. The highest BCUT2D eigenvalue weighted by Gasteiger charge is 2.24. The number of carbonyl (C=O) groups excluding carboxylic acids is 3. The van der Waals surface area contributed by atoms with Gasteiger partial charge >= 0.3 is 11.9 Å². The Bertz CT molecular complexity index is 2090. The molecule has 0 saturated heterocycles. The van der Waals surface area contributed by atoms with Gasteiger partial charge in [0.15, 0.2) is 23.0 Å². The van der Waals surface area contributed by atoms with Gasteiger partial charge in [-0.05, 0) is 73.9 Å². The fourth-order valence-corrected chi connectivity index (χ4v) is 10.8. The van der Waals surface area contributed by atoms with E-state index in [-0.39, 0.29) is 38.4 Å². The van der Waals surface area contributed by atoms with Gasteiger partial charge in [0.2, 0.25) is 12.2 Å². The first kappa shape index (κ1) is 74.5. The van der Waals surface area contributed by atoms with Crippen LogP contribution in [0.5, 0.6) is 23.0 Å². The second kappa shape index (κ2) is 52.4. The summed E-state index contributed by atoms with van der Waals surface area (Å²) in [6.07, 6.45) is 52.7. The van der Waals surface area contributed by atoms with E-state index in [9.17, 15) is 14.4 Å². The number of nitrogens with zero attached hydrogens (tertiary/aromatic N) is 2. The number of nitrogens with one attached hydrogen (secondary N) is 1. The second-order valence-electron chi connectivity index (χ2n) is 24.2. The Morgan fingerprint density at radius 3 is 1.18 bits per heavy atom. The topological polar surface area (TPSA) is 127 Å². The second-order valence-corrected chi connectivity index (χ2v) is 24.2. The molecule has 1 N–H and O–H groups in total. The maximum atomic E-state index is 13.8. The Hall–Kier alpha value is -4.74. The lowest BCUT2D eigenvalue weighted by atomic mass is 10.1. The van der Waals surface area contributed by atoms with E-state index in [2.05, 4.69) is 33.0 Å². The van der Waals surface area contributed by atoms with Crippen LogP contribution in [0.3, 0.4) is 0 Å². The van der Waals surface area contributed by atoms with E-state index >= 15 is 0 Å². The van der Waals surface area contributed by atoms with Gasteiger partial charge in [-0.1, -0.05) is 245 Å². The smallest absolute Gasteiger partial charge is 0.328 e. The van der Waals surface area contributed by atoms with Crippen LogP contribution in [-0.2, 0) is 50.3 Å². The van der Waals surface area contributed by atoms with Crippen molar-refractivity contribution in [1.82, 2.24) is 9.88 Å². The first-order valence-electron chi connectivity index (χ1n) is 35.2. The van der Waals surface area contributed by atoms with Gasteiger partial charge in [-0.2, -0.15) is 0 Å². The summed E-state index contributed by atoms with van der Waals surface area (Å²) < 4.78 is 41.0. The molecule has 2 aromatic carbocycles. The summed E-state index contributed by atoms with van der Waals surface area (Å²) in [4.78, 5) is 40.5. The number of aryl methyl sites for hydroxylation is 2. The summed E-state index contributed by atoms with van der Waals surface area (Å²) in [7, 11) is 1.96. The van der Waals surface area contributed by atoms with Crippen LogP contribution < -0.4 is 28.8 Å². The lowest BCUT2D eigenvalue weighted by Crippen LogP contribution is -2.42. The number of rotatable bonds is 59. The van der Waals surface area contributed by atoms with E-state index < -0.39 is 18.0 Å². The molecule has 12 heteroatoms. The molecule has 0 aliphatic carbocycles. The highest BCUT2D eigenvalue weighted by Crippen LogP contribution is 2.31. The van der Waals surface area contributed by atoms with Crippen molar-refractivity contribution in [2.24, 2.45) is 7.05 Å². The number of imidazole rings is 1. The first-order chi connectivity index (χ1) is 41.8. The summed E-state index contributed by atoms with van der Waals surface area (Å²) in [5.74, 6) is 1.69. The molecule has 1 aromatic heterocycles. The van der Waals surface area contributed by atoms with Crippen LogP contribution in [0.2, 0.25) is 0 Å². The van der Waals surface area contributed by atoms with Gasteiger partial charge in [0.1, 0.15) is 18.4 Å². The van der Waals surface area contributed by atoms with E-state index in [0.717, 1.165) is 85.5 Å². The molecule has 0 radical (unpaired) electrons. The summed E-state index contributed by atoms with van der Waals surface area (Å²) in [6.45, 7) is 12.5. The normalized spacial score (nSPS) is 11.6. The zero-order valence-corrected chi connectivity index (χ0v) is 55.0. The van der Waals surface area contributed by atoms with Gasteiger partial charge in [-0.25, -0.2) is 13.9 Å². The van der Waals surface area contributed by atoms with E-state index in [0.29, 0.717) is 52.2 Å². The molecule has 0 spiro atoms. The number of hydrogen-bond donors (Lipinski definition) is 1. The third-order valence-corrected chi connectivity index (χ3v) is 16.2. The monoisotopic (exact) mass is 1190 g/mol. The molecule has 1 atom stereocenters. The summed E-state index contributed by atoms with van der Waals surface area (Å²) in [5.41, 5.74) is 1.95. The first-order valence-corrected chi connectivity index (χ1v) is 35.2. The highest BCUT2D eigenvalue weighted by molar-refractivity contribution is 5.85. The lowest BCUT2D eigenvalue weighted by molar-refractivity contribution is -0.671. The molecular formula is C73H124N3O9+. The van der Waals surface area contributed by atoms with Crippen LogP contribution in [0.15, 0.2) is 55.1 Å². The standard InChI is InChI=1S/C73H123N3O9/c1-6-10-14-18-22-26-30-34-38-55-80-67-47-44-64(61-69(67)82-57-40-36-32-28-24-20-16-12-8-3)50-59-84-72(78)49-46-66(74-71(77)43-42-52-76-54-53-75(5)63-76)73(79)85-60-51-65-45-48-68(81-56-39-35-31-27-23-19-15-11-7-2)70(62-65)83-58-41-37-33-29-25-21-17-13-9-4/h44-45,47-48,53-54,61-63,66H,6-43,46,49-52,55-60H2,1-5H3/p+1. The van der Waals surface area contributed by atoms with Crippen molar-refractivity contribution >= 4 is 17.8 Å². The predicted molar refractivity (Wildman–Crippen MR) is 349 cm³/mol. The number of esters is 2. The highest BCUT2D eigenvalue weighted by atomic mass is 16.5. The minimum Gasteiger partial charge on any atom is -0.490 e. The number of hydrogen-bond acceptors (Lipinski definition) is 9. The lowest BCUT2D eigenvalue weighted by Gasteiger charge is -2.18. The van der Waals surface area contributed by atoms with Gasteiger partial charge < -0.3 is 33.7 Å². The molecule has 484 valence electrons. The Balaban J connectivity index is 1.58. The summed E-state index contributed by atoms with van der Waals surface area (Å²) >= 11 is 0. The average Bonchev–Trinajstić information content (AvgIpc) is 4.14. The number of aromatic nitrogens is 2. The van der Waals surface area contributed by atoms with Gasteiger partial charge in [0.05, 0.1) is 53.2 Å². The zero-order chi connectivity index (χ0) is 60.9. The zero-order valence-electron chi connectivity index (χ0n) is 55.0. The fraction of sp³-hybridized carbons (Fsp3) is 0.753. The average molecular weight is 1190 g/mol. The van der Waals surface area contributed by atoms with Crippen LogP contribution in [0, 0.1) is 0 Å².